The molecule has 0 heterocycles. The van der Waals surface area contributed by atoms with Crippen LogP contribution in [-0.2, 0) is 0 Å². The van der Waals surface area contributed by atoms with E-state index in [-0.39, 0.29) is 0 Å². The summed E-state index contributed by atoms with van der Waals surface area (Å²) in [5.74, 6) is 3.58. The molecular formula is C10H21NS3. The van der Waals surface area contributed by atoms with Gasteiger partial charge in [0, 0.05) is 23.4 Å². The average Bonchev–Trinajstić information content (AvgIpc) is 2.63. The Morgan fingerprint density at radius 2 is 2.07 bits per heavy atom. The second-order valence-electron chi connectivity index (χ2n) is 3.89. The molecule has 1 atom stereocenters. The van der Waals surface area contributed by atoms with Gasteiger partial charge in [-0.2, -0.15) is 12.6 Å². The van der Waals surface area contributed by atoms with Crippen LogP contribution in [-0.4, -0.2) is 23.4 Å². The predicted octanol–water partition coefficient (Wildman–Crippen LogP) is 3.42. The summed E-state index contributed by atoms with van der Waals surface area (Å²) in [6.45, 7) is 3.15. The Kier molecular flexibility index (Phi) is 7.66. The van der Waals surface area contributed by atoms with Gasteiger partial charge < -0.3 is 5.32 Å². The van der Waals surface area contributed by atoms with E-state index in [1.165, 1.54) is 37.2 Å². The smallest absolute Gasteiger partial charge is 0.0474 e. The minimum Gasteiger partial charge on any atom is -0.305 e. The lowest BCUT2D eigenvalue weighted by Crippen LogP contribution is -2.22. The van der Waals surface area contributed by atoms with Crippen LogP contribution in [0.15, 0.2) is 0 Å². The molecule has 0 aromatic carbocycles. The molecule has 0 bridgehead atoms. The number of hydrogen-bond acceptors (Lipinski definition) is 4. The molecule has 1 nitrogen and oxygen atoms in total. The molecular weight excluding hydrogens is 230 g/mol. The van der Waals surface area contributed by atoms with E-state index in [0.717, 1.165) is 12.5 Å². The number of hydrogen-bond donors (Lipinski definition) is 2. The van der Waals surface area contributed by atoms with Crippen LogP contribution >= 0.6 is 34.2 Å². The van der Waals surface area contributed by atoms with Crippen molar-refractivity contribution in [3.05, 3.63) is 0 Å². The minimum atomic E-state index is 0.329. The Hall–Kier alpha value is 1.01. The van der Waals surface area contributed by atoms with Crippen LogP contribution in [0, 0.1) is 5.92 Å². The summed E-state index contributed by atoms with van der Waals surface area (Å²) in [6, 6.07) is 0. The fourth-order valence-electron chi connectivity index (χ4n) is 1.69. The SMILES string of the molecule is CC(S)NCCSSCC1CCCC1. The van der Waals surface area contributed by atoms with Crippen LogP contribution in [0.25, 0.3) is 0 Å². The van der Waals surface area contributed by atoms with Gasteiger partial charge in [-0.05, 0) is 25.7 Å². The highest BCUT2D eigenvalue weighted by Gasteiger charge is 2.14. The van der Waals surface area contributed by atoms with E-state index in [1.807, 2.05) is 10.8 Å². The number of rotatable bonds is 7. The summed E-state index contributed by atoms with van der Waals surface area (Å²) in [7, 11) is 4.06. The van der Waals surface area contributed by atoms with Crippen molar-refractivity contribution >= 4 is 34.2 Å². The van der Waals surface area contributed by atoms with Crippen LogP contribution in [0.5, 0.6) is 0 Å². The lowest BCUT2D eigenvalue weighted by Gasteiger charge is -2.08. The minimum absolute atomic E-state index is 0.329. The first-order chi connectivity index (χ1) is 6.79. The highest BCUT2D eigenvalue weighted by molar-refractivity contribution is 8.76. The van der Waals surface area contributed by atoms with Crippen LogP contribution in [0.1, 0.15) is 32.6 Å². The summed E-state index contributed by atoms with van der Waals surface area (Å²) >= 11 is 4.27. The summed E-state index contributed by atoms with van der Waals surface area (Å²) in [4.78, 5) is 0. The molecule has 0 radical (unpaired) electrons. The van der Waals surface area contributed by atoms with E-state index in [9.17, 15) is 0 Å². The Morgan fingerprint density at radius 1 is 1.36 bits per heavy atom. The molecule has 1 aliphatic carbocycles. The second-order valence-corrected chi connectivity index (χ2v) is 7.29. The highest BCUT2D eigenvalue weighted by Crippen LogP contribution is 2.32. The maximum atomic E-state index is 4.27. The molecule has 1 fully saturated rings. The van der Waals surface area contributed by atoms with Gasteiger partial charge in [-0.25, -0.2) is 0 Å². The Labute approximate surface area is 101 Å². The normalized spacial score (nSPS) is 20.1. The average molecular weight is 251 g/mol. The Morgan fingerprint density at radius 3 is 2.71 bits per heavy atom. The van der Waals surface area contributed by atoms with Gasteiger partial charge >= 0.3 is 0 Å². The topological polar surface area (TPSA) is 12.0 Å². The monoisotopic (exact) mass is 251 g/mol. The summed E-state index contributed by atoms with van der Waals surface area (Å²) in [5.41, 5.74) is 0. The van der Waals surface area contributed by atoms with Crippen LogP contribution in [0.3, 0.4) is 0 Å². The van der Waals surface area contributed by atoms with Gasteiger partial charge in [0.15, 0.2) is 0 Å². The third-order valence-corrected chi connectivity index (χ3v) is 5.22. The molecule has 4 heteroatoms. The number of thiol groups is 1. The van der Waals surface area contributed by atoms with Gasteiger partial charge in [-0.15, -0.1) is 0 Å². The largest absolute Gasteiger partial charge is 0.305 e. The van der Waals surface area contributed by atoms with Crippen molar-refractivity contribution in [3.8, 4) is 0 Å². The van der Waals surface area contributed by atoms with Crippen LogP contribution in [0.2, 0.25) is 0 Å². The third-order valence-electron chi connectivity index (χ3n) is 2.49. The summed E-state index contributed by atoms with van der Waals surface area (Å²) < 4.78 is 0. The molecule has 1 N–H and O–H groups in total. The molecule has 0 aromatic rings. The molecule has 0 spiro atoms. The van der Waals surface area contributed by atoms with Crippen LogP contribution in [0.4, 0.5) is 0 Å². The fraction of sp³-hybridized carbons (Fsp3) is 1.00. The van der Waals surface area contributed by atoms with Crippen molar-refractivity contribution in [2.45, 2.75) is 38.0 Å². The van der Waals surface area contributed by atoms with Crippen molar-refractivity contribution in [1.29, 1.82) is 0 Å². The Bertz CT molecular complexity index is 135. The van der Waals surface area contributed by atoms with Crippen molar-refractivity contribution in [2.75, 3.05) is 18.1 Å². The second kappa shape index (κ2) is 8.20. The Balaban J connectivity index is 1.79. The van der Waals surface area contributed by atoms with Gasteiger partial charge in [0.2, 0.25) is 0 Å². The summed E-state index contributed by atoms with van der Waals surface area (Å²) in [5, 5.41) is 3.63. The third kappa shape index (κ3) is 6.49. The molecule has 1 saturated carbocycles. The van der Waals surface area contributed by atoms with E-state index in [2.05, 4.69) is 35.7 Å². The lowest BCUT2D eigenvalue weighted by atomic mass is 10.1. The van der Waals surface area contributed by atoms with E-state index in [1.54, 1.807) is 0 Å². The first-order valence-electron chi connectivity index (χ1n) is 5.45. The van der Waals surface area contributed by atoms with Crippen molar-refractivity contribution in [2.24, 2.45) is 5.92 Å². The molecule has 14 heavy (non-hydrogen) atoms. The van der Waals surface area contributed by atoms with E-state index in [0.29, 0.717) is 5.37 Å². The molecule has 0 saturated heterocycles. The predicted molar refractivity (Wildman–Crippen MR) is 73.3 cm³/mol. The quantitative estimate of drug-likeness (QED) is 0.311. The molecule has 84 valence electrons. The van der Waals surface area contributed by atoms with Crippen molar-refractivity contribution in [3.63, 3.8) is 0 Å². The fourth-order valence-corrected chi connectivity index (χ4v) is 4.23. The number of nitrogens with one attached hydrogen (secondary N) is 1. The first-order valence-corrected chi connectivity index (χ1v) is 8.45. The van der Waals surface area contributed by atoms with Crippen molar-refractivity contribution < 1.29 is 0 Å². The zero-order valence-corrected chi connectivity index (χ0v) is 11.4. The zero-order chi connectivity index (χ0) is 10.2. The molecule has 0 amide bonds. The van der Waals surface area contributed by atoms with Gasteiger partial charge in [-0.3, -0.25) is 0 Å². The van der Waals surface area contributed by atoms with Gasteiger partial charge in [0.25, 0.3) is 0 Å². The van der Waals surface area contributed by atoms with E-state index in [4.69, 9.17) is 0 Å². The summed E-state index contributed by atoms with van der Waals surface area (Å²) in [6.07, 6.45) is 5.88. The molecule has 0 aliphatic heterocycles. The van der Waals surface area contributed by atoms with E-state index < -0.39 is 0 Å². The van der Waals surface area contributed by atoms with Gasteiger partial charge in [0.05, 0.1) is 0 Å². The molecule has 0 aromatic heterocycles. The van der Waals surface area contributed by atoms with Gasteiger partial charge in [-0.1, -0.05) is 34.4 Å². The van der Waals surface area contributed by atoms with Gasteiger partial charge in [0.1, 0.15) is 0 Å². The molecule has 1 aliphatic rings. The molecule has 1 rings (SSSR count). The lowest BCUT2D eigenvalue weighted by molar-refractivity contribution is 0.624. The van der Waals surface area contributed by atoms with E-state index >= 15 is 0 Å². The zero-order valence-electron chi connectivity index (χ0n) is 8.87. The first kappa shape index (κ1) is 13.1. The highest BCUT2D eigenvalue weighted by atomic mass is 33.1. The maximum Gasteiger partial charge on any atom is 0.0474 e. The molecule has 1 unspecified atom stereocenters. The van der Waals surface area contributed by atoms with Crippen LogP contribution < -0.4 is 5.32 Å². The van der Waals surface area contributed by atoms with Crippen molar-refractivity contribution in [1.82, 2.24) is 5.32 Å². The standard InChI is InChI=1S/C10H21NS3/c1-9(12)11-6-7-13-14-8-10-4-2-3-5-10/h9-12H,2-8H2,1H3. The maximum absolute atomic E-state index is 4.27.